The molecule has 0 saturated heterocycles. The molecule has 178 valence electrons. The maximum Gasteiger partial charge on any atom is 0.239 e. The molecule has 0 aliphatic carbocycles. The van der Waals surface area contributed by atoms with Gasteiger partial charge in [0.15, 0.2) is 0 Å². The molecule has 0 atom stereocenters. The summed E-state index contributed by atoms with van der Waals surface area (Å²) in [5.74, 6) is 0.927. The van der Waals surface area contributed by atoms with E-state index in [1.807, 2.05) is 24.3 Å². The van der Waals surface area contributed by atoms with Gasteiger partial charge in [0.25, 0.3) is 0 Å². The number of hydrogen-bond acceptors (Lipinski definition) is 3. The molecule has 1 rings (SSSR count). The molecule has 1 aromatic carbocycles. The minimum Gasteiger partial charge on any atom is -0.494 e. The quantitative estimate of drug-likeness (QED) is 0.198. The van der Waals surface area contributed by atoms with E-state index in [0.29, 0.717) is 6.54 Å². The van der Waals surface area contributed by atoms with Crippen molar-refractivity contribution in [2.24, 2.45) is 0 Å². The van der Waals surface area contributed by atoms with Crippen LogP contribution in [0.4, 0.5) is 5.69 Å². The van der Waals surface area contributed by atoms with Crippen LogP contribution in [-0.4, -0.2) is 25.6 Å². The average Bonchev–Trinajstić information content (AvgIpc) is 2.79. The third-order valence-electron chi connectivity index (χ3n) is 5.63. The molecule has 4 nitrogen and oxygen atoms in total. The second-order valence-corrected chi connectivity index (χ2v) is 8.67. The zero-order valence-corrected chi connectivity index (χ0v) is 20.4. The lowest BCUT2D eigenvalue weighted by atomic mass is 10.0. The molecule has 0 radical (unpaired) electrons. The van der Waals surface area contributed by atoms with Gasteiger partial charge in [-0.3, -0.25) is 4.79 Å². The van der Waals surface area contributed by atoms with Gasteiger partial charge < -0.3 is 15.4 Å². The predicted molar refractivity (Wildman–Crippen MR) is 134 cm³/mol. The Hall–Kier alpha value is -1.71. The number of rotatable bonds is 21. The number of carbonyl (C=O) groups excluding carboxylic acids is 1. The molecular formula is C27H48N2O2. The molecule has 4 heteroatoms. The average molecular weight is 433 g/mol. The Morgan fingerprint density at radius 3 is 1.74 bits per heavy atom. The third kappa shape index (κ3) is 16.6. The number of amides is 1. The van der Waals surface area contributed by atoms with Crippen molar-refractivity contribution in [3.05, 3.63) is 24.3 Å². The molecule has 1 amide bonds. The Bertz CT molecular complexity index is 531. The highest BCUT2D eigenvalue weighted by Crippen LogP contribution is 2.16. The normalized spacial score (nSPS) is 10.8. The first-order chi connectivity index (χ1) is 15.3. The maximum absolute atomic E-state index is 12.0. The van der Waals surface area contributed by atoms with Crippen LogP contribution < -0.4 is 15.4 Å². The van der Waals surface area contributed by atoms with Crippen molar-refractivity contribution in [3.63, 3.8) is 0 Å². The van der Waals surface area contributed by atoms with Crippen molar-refractivity contribution in [1.29, 1.82) is 0 Å². The number of nitrogens with one attached hydrogen (secondary N) is 2. The highest BCUT2D eigenvalue weighted by molar-refractivity contribution is 5.80. The molecule has 2 N–H and O–H groups in total. The Balaban J connectivity index is 1.86. The van der Waals surface area contributed by atoms with Gasteiger partial charge in [0.2, 0.25) is 5.91 Å². The third-order valence-corrected chi connectivity index (χ3v) is 5.63. The van der Waals surface area contributed by atoms with E-state index >= 15 is 0 Å². The summed E-state index contributed by atoms with van der Waals surface area (Å²) in [6, 6.07) is 7.77. The highest BCUT2D eigenvalue weighted by Gasteiger charge is 2.01. The van der Waals surface area contributed by atoms with Crippen molar-refractivity contribution in [1.82, 2.24) is 5.32 Å². The van der Waals surface area contributed by atoms with Crippen molar-refractivity contribution in [2.45, 2.75) is 110 Å². The fourth-order valence-corrected chi connectivity index (χ4v) is 3.68. The van der Waals surface area contributed by atoms with Crippen molar-refractivity contribution < 1.29 is 9.53 Å². The molecule has 1 aromatic rings. The summed E-state index contributed by atoms with van der Waals surface area (Å²) in [6.07, 6.45) is 20.0. The molecule has 0 spiro atoms. The second kappa shape index (κ2) is 20.2. The summed E-state index contributed by atoms with van der Waals surface area (Å²) in [6.45, 7) is 6.19. The number of anilines is 1. The van der Waals surface area contributed by atoms with Crippen LogP contribution in [0, 0.1) is 0 Å². The summed E-state index contributed by atoms with van der Waals surface area (Å²) in [5, 5.41) is 6.17. The van der Waals surface area contributed by atoms with E-state index < -0.39 is 0 Å². The zero-order chi connectivity index (χ0) is 22.4. The number of benzene rings is 1. The maximum atomic E-state index is 12.0. The predicted octanol–water partition coefficient (Wildman–Crippen LogP) is 7.48. The minimum absolute atomic E-state index is 0.0565. The molecule has 0 fully saturated rings. The van der Waals surface area contributed by atoms with Gasteiger partial charge >= 0.3 is 0 Å². The number of hydrogen-bond donors (Lipinski definition) is 2. The van der Waals surface area contributed by atoms with Crippen LogP contribution in [0.1, 0.15) is 110 Å². The van der Waals surface area contributed by atoms with Crippen LogP contribution >= 0.6 is 0 Å². The Kier molecular flexibility index (Phi) is 17.8. The first-order valence-electron chi connectivity index (χ1n) is 13.0. The summed E-state index contributed by atoms with van der Waals surface area (Å²) >= 11 is 0. The van der Waals surface area contributed by atoms with E-state index in [-0.39, 0.29) is 5.91 Å². The molecule has 0 unspecified atom stereocenters. The van der Waals surface area contributed by atoms with Crippen LogP contribution in [-0.2, 0) is 4.79 Å². The van der Waals surface area contributed by atoms with Crippen molar-refractivity contribution in [2.75, 3.05) is 25.0 Å². The van der Waals surface area contributed by atoms with Gasteiger partial charge in [-0.1, -0.05) is 97.3 Å². The molecule has 0 aliphatic rings. The van der Waals surface area contributed by atoms with Crippen LogP contribution in [0.15, 0.2) is 24.3 Å². The van der Waals surface area contributed by atoms with Crippen molar-refractivity contribution in [3.8, 4) is 5.75 Å². The monoisotopic (exact) mass is 432 g/mol. The fraction of sp³-hybridized carbons (Fsp3) is 0.741. The van der Waals surface area contributed by atoms with Gasteiger partial charge in [-0.15, -0.1) is 0 Å². The lowest BCUT2D eigenvalue weighted by molar-refractivity contribution is -0.119. The van der Waals surface area contributed by atoms with E-state index in [4.69, 9.17) is 4.74 Å². The van der Waals surface area contributed by atoms with E-state index in [9.17, 15) is 4.79 Å². The molecule has 0 aliphatic heterocycles. The van der Waals surface area contributed by atoms with Crippen LogP contribution in [0.3, 0.4) is 0 Å². The van der Waals surface area contributed by atoms with Gasteiger partial charge in [0.05, 0.1) is 13.2 Å². The fourth-order valence-electron chi connectivity index (χ4n) is 3.68. The summed E-state index contributed by atoms with van der Waals surface area (Å²) in [7, 11) is 0. The first-order valence-corrected chi connectivity index (χ1v) is 13.0. The van der Waals surface area contributed by atoms with Gasteiger partial charge in [-0.25, -0.2) is 0 Å². The van der Waals surface area contributed by atoms with E-state index in [1.54, 1.807) is 0 Å². The smallest absolute Gasteiger partial charge is 0.239 e. The van der Waals surface area contributed by atoms with Gasteiger partial charge in [-0.2, -0.15) is 0 Å². The van der Waals surface area contributed by atoms with E-state index in [2.05, 4.69) is 24.5 Å². The van der Waals surface area contributed by atoms with Gasteiger partial charge in [-0.05, 0) is 37.1 Å². The standard InChI is InChI=1S/C27H48N2O2/c1-3-5-6-7-8-9-10-11-12-13-14-15-16-17-22-28-27(30)24-29-25-18-20-26(21-19-25)31-23-4-2/h18-21,29H,3-17,22-24H2,1-2H3,(H,28,30). The molecular weight excluding hydrogens is 384 g/mol. The topological polar surface area (TPSA) is 50.4 Å². The zero-order valence-electron chi connectivity index (χ0n) is 20.4. The highest BCUT2D eigenvalue weighted by atomic mass is 16.5. The summed E-state index contributed by atoms with van der Waals surface area (Å²) < 4.78 is 5.57. The Morgan fingerprint density at radius 2 is 1.23 bits per heavy atom. The summed E-state index contributed by atoms with van der Waals surface area (Å²) in [5.41, 5.74) is 0.940. The van der Waals surface area contributed by atoms with Crippen LogP contribution in [0.25, 0.3) is 0 Å². The second-order valence-electron chi connectivity index (χ2n) is 8.67. The number of ether oxygens (including phenoxy) is 1. The van der Waals surface area contributed by atoms with Gasteiger partial charge in [0.1, 0.15) is 5.75 Å². The van der Waals surface area contributed by atoms with Crippen LogP contribution in [0.5, 0.6) is 5.75 Å². The minimum atomic E-state index is 0.0565. The largest absolute Gasteiger partial charge is 0.494 e. The molecule has 0 heterocycles. The van der Waals surface area contributed by atoms with E-state index in [0.717, 1.165) is 37.4 Å². The molecule has 0 saturated carbocycles. The Labute approximate surface area is 191 Å². The molecule has 31 heavy (non-hydrogen) atoms. The van der Waals surface area contributed by atoms with Crippen molar-refractivity contribution >= 4 is 11.6 Å². The van der Waals surface area contributed by atoms with E-state index in [1.165, 1.54) is 83.5 Å². The van der Waals surface area contributed by atoms with Crippen LogP contribution in [0.2, 0.25) is 0 Å². The number of carbonyl (C=O) groups is 1. The lowest BCUT2D eigenvalue weighted by Crippen LogP contribution is -2.30. The lowest BCUT2D eigenvalue weighted by Gasteiger charge is -2.09. The Morgan fingerprint density at radius 1 is 0.710 bits per heavy atom. The summed E-state index contributed by atoms with van der Waals surface area (Å²) in [4.78, 5) is 12.0. The molecule has 0 bridgehead atoms. The number of unbranched alkanes of at least 4 members (excludes halogenated alkanes) is 13. The van der Waals surface area contributed by atoms with Gasteiger partial charge in [0, 0.05) is 12.2 Å². The molecule has 0 aromatic heterocycles. The SMILES string of the molecule is CCCCCCCCCCCCCCCCNC(=O)CNc1ccc(OCCC)cc1. The first kappa shape index (κ1) is 27.3.